The molecule has 3 aliphatic heterocycles. The van der Waals surface area contributed by atoms with E-state index in [1.54, 1.807) is 15.9 Å². The minimum atomic E-state index is -0.200. The highest BCUT2D eigenvalue weighted by Gasteiger charge is 2.41. The van der Waals surface area contributed by atoms with Crippen LogP contribution in [0.15, 0.2) is 34.4 Å². The molecule has 0 radical (unpaired) electrons. The highest BCUT2D eigenvalue weighted by Crippen LogP contribution is 2.31. The first-order chi connectivity index (χ1) is 14.1. The highest BCUT2D eigenvalue weighted by molar-refractivity contribution is 7.12. The Morgan fingerprint density at radius 3 is 2.79 bits per heavy atom. The van der Waals surface area contributed by atoms with Gasteiger partial charge in [0.2, 0.25) is 0 Å². The van der Waals surface area contributed by atoms with Crippen LogP contribution in [-0.2, 0) is 6.54 Å². The zero-order valence-corrected chi connectivity index (χ0v) is 17.8. The Morgan fingerprint density at radius 1 is 1.21 bits per heavy atom. The lowest BCUT2D eigenvalue weighted by Gasteiger charge is -2.44. The fourth-order valence-electron chi connectivity index (χ4n) is 5.64. The summed E-state index contributed by atoms with van der Waals surface area (Å²) < 4.78 is 1.94. The predicted molar refractivity (Wildman–Crippen MR) is 114 cm³/mol. The number of carbonyl (C=O) groups excluding carboxylic acids is 1. The number of quaternary nitrogens is 2. The van der Waals surface area contributed by atoms with Crippen LogP contribution in [0.1, 0.15) is 40.5 Å². The topological polar surface area (TPSA) is 60.0 Å². The maximum atomic E-state index is 13.1. The molecule has 0 spiro atoms. The third-order valence-electron chi connectivity index (χ3n) is 7.15. The van der Waals surface area contributed by atoms with Gasteiger partial charge < -0.3 is 19.7 Å². The highest BCUT2D eigenvalue weighted by atomic mass is 32.1. The maximum absolute atomic E-state index is 13.1. The Labute approximate surface area is 175 Å². The molecule has 3 atom stereocenters. The van der Waals surface area contributed by atoms with Crippen LogP contribution >= 0.6 is 11.3 Å². The van der Waals surface area contributed by atoms with E-state index in [0.29, 0.717) is 22.4 Å². The number of amides is 1. The number of hydrogen-bond donors (Lipinski definition) is 3. The second kappa shape index (κ2) is 7.70. The van der Waals surface area contributed by atoms with E-state index >= 15 is 0 Å². The van der Waals surface area contributed by atoms with Gasteiger partial charge in [-0.25, -0.2) is 0 Å². The molecule has 3 N–H and O–H groups in total. The molecule has 0 aromatic carbocycles. The average Bonchev–Trinajstić information content (AvgIpc) is 3.26. The molecular formula is C22H30N4O2S+2. The van der Waals surface area contributed by atoms with Crippen molar-refractivity contribution in [2.75, 3.05) is 38.5 Å². The third kappa shape index (κ3) is 3.67. The summed E-state index contributed by atoms with van der Waals surface area (Å²) >= 11 is 1.39. The molecule has 29 heavy (non-hydrogen) atoms. The first-order valence-electron chi connectivity index (χ1n) is 10.8. The Morgan fingerprint density at radius 2 is 2.03 bits per heavy atom. The summed E-state index contributed by atoms with van der Waals surface area (Å²) in [7, 11) is 2.30. The van der Waals surface area contributed by atoms with E-state index in [1.165, 1.54) is 50.2 Å². The standard InChI is InChI=1S/C22H28N4O2S/c1-24-8-6-17(7-9-24)25-12-15-11-16(14-25)19-5-4-18(22(28)26(19)13-15)23-21(27)20-3-2-10-29-20/h2-5,10,15-17H,6-9,11-14H2,1H3,(H,23,27)/p+2/t15-,16+/m0/s1. The van der Waals surface area contributed by atoms with Crippen molar-refractivity contribution >= 4 is 22.9 Å². The number of thiophene rings is 1. The molecule has 6 nitrogen and oxygen atoms in total. The van der Waals surface area contributed by atoms with Gasteiger partial charge in [-0.1, -0.05) is 6.07 Å². The van der Waals surface area contributed by atoms with E-state index in [2.05, 4.69) is 18.4 Å². The number of likely N-dealkylation sites (tertiary alicyclic amines) is 2. The molecule has 154 valence electrons. The van der Waals surface area contributed by atoms with Gasteiger partial charge in [-0.2, -0.15) is 0 Å². The van der Waals surface area contributed by atoms with Gasteiger partial charge in [-0.15, -0.1) is 11.3 Å². The molecule has 1 amide bonds. The largest absolute Gasteiger partial charge is 0.337 e. The summed E-state index contributed by atoms with van der Waals surface area (Å²) in [6, 6.07) is 8.30. The minimum Gasteiger partial charge on any atom is -0.337 e. The molecule has 2 fully saturated rings. The molecule has 2 aromatic heterocycles. The number of carbonyl (C=O) groups is 1. The monoisotopic (exact) mass is 414 g/mol. The van der Waals surface area contributed by atoms with E-state index in [-0.39, 0.29) is 11.5 Å². The fraction of sp³-hybridized carbons (Fsp3) is 0.545. The molecule has 0 saturated carbocycles. The van der Waals surface area contributed by atoms with E-state index in [4.69, 9.17) is 0 Å². The SMILES string of the molecule is C[NH+]1CCC([NH+]2C[C@@H]3C[C@H](C2)c2ccc(NC(=O)c4cccs4)c(=O)n2C3)CC1. The van der Waals surface area contributed by atoms with Crippen LogP contribution in [0.3, 0.4) is 0 Å². The van der Waals surface area contributed by atoms with Crippen molar-refractivity contribution in [1.29, 1.82) is 0 Å². The van der Waals surface area contributed by atoms with Crippen LogP contribution in [0, 0.1) is 5.92 Å². The molecular weight excluding hydrogens is 384 g/mol. The van der Waals surface area contributed by atoms with E-state index < -0.39 is 0 Å². The molecule has 7 heteroatoms. The number of aromatic nitrogens is 1. The summed E-state index contributed by atoms with van der Waals surface area (Å²) in [5.41, 5.74) is 1.51. The van der Waals surface area contributed by atoms with Crippen LogP contribution in [0.2, 0.25) is 0 Å². The first-order valence-corrected chi connectivity index (χ1v) is 11.7. The number of pyridine rings is 1. The van der Waals surface area contributed by atoms with Crippen LogP contribution in [-0.4, -0.2) is 49.7 Å². The van der Waals surface area contributed by atoms with Gasteiger partial charge in [0.1, 0.15) is 5.69 Å². The van der Waals surface area contributed by atoms with Gasteiger partial charge in [-0.3, -0.25) is 9.59 Å². The number of nitrogens with one attached hydrogen (secondary N) is 3. The van der Waals surface area contributed by atoms with Gasteiger partial charge in [0.25, 0.3) is 11.5 Å². The molecule has 1 unspecified atom stereocenters. The predicted octanol–water partition coefficient (Wildman–Crippen LogP) is -0.159. The zero-order chi connectivity index (χ0) is 20.0. The molecule has 0 aliphatic carbocycles. The van der Waals surface area contributed by atoms with E-state index in [1.807, 2.05) is 22.1 Å². The Kier molecular flexibility index (Phi) is 5.05. The lowest BCUT2D eigenvalue weighted by molar-refractivity contribution is -0.959. The lowest BCUT2D eigenvalue weighted by Crippen LogP contribution is -3.21. The van der Waals surface area contributed by atoms with Crippen LogP contribution in [0.5, 0.6) is 0 Å². The summed E-state index contributed by atoms with van der Waals surface area (Å²) in [4.78, 5) is 29.5. The average molecular weight is 415 g/mol. The van der Waals surface area contributed by atoms with Gasteiger partial charge in [0, 0.05) is 36.9 Å². The summed E-state index contributed by atoms with van der Waals surface area (Å²) in [5, 5.41) is 4.69. The van der Waals surface area contributed by atoms with E-state index in [9.17, 15) is 9.59 Å². The second-order valence-electron chi connectivity index (χ2n) is 9.12. The van der Waals surface area contributed by atoms with Crippen LogP contribution in [0.4, 0.5) is 5.69 Å². The lowest BCUT2D eigenvalue weighted by atomic mass is 9.82. The Bertz CT molecular complexity index is 946. The van der Waals surface area contributed by atoms with Gasteiger partial charge >= 0.3 is 0 Å². The Hall–Kier alpha value is -1.96. The number of nitrogens with zero attached hydrogens (tertiary/aromatic N) is 1. The molecule has 2 saturated heterocycles. The molecule has 3 aliphatic rings. The zero-order valence-electron chi connectivity index (χ0n) is 16.9. The first kappa shape index (κ1) is 19.0. The smallest absolute Gasteiger partial charge is 0.274 e. The maximum Gasteiger partial charge on any atom is 0.274 e. The van der Waals surface area contributed by atoms with Crippen molar-refractivity contribution in [3.05, 3.63) is 50.6 Å². The van der Waals surface area contributed by atoms with Gasteiger partial charge in [0.05, 0.1) is 44.1 Å². The van der Waals surface area contributed by atoms with Crippen molar-refractivity contribution in [2.45, 2.75) is 37.8 Å². The number of rotatable bonds is 3. The number of hydrogen-bond acceptors (Lipinski definition) is 3. The quantitative estimate of drug-likeness (QED) is 0.654. The van der Waals surface area contributed by atoms with Crippen LogP contribution < -0.4 is 20.7 Å². The van der Waals surface area contributed by atoms with Crippen molar-refractivity contribution in [3.8, 4) is 0 Å². The van der Waals surface area contributed by atoms with Crippen molar-refractivity contribution in [3.63, 3.8) is 0 Å². The second-order valence-corrected chi connectivity index (χ2v) is 10.1. The number of anilines is 1. The molecule has 2 aromatic rings. The van der Waals surface area contributed by atoms with Gasteiger partial charge in [0.15, 0.2) is 0 Å². The summed E-state index contributed by atoms with van der Waals surface area (Å²) in [6.07, 6.45) is 3.84. The van der Waals surface area contributed by atoms with Gasteiger partial charge in [-0.05, 0) is 30.0 Å². The fourth-order valence-corrected chi connectivity index (χ4v) is 6.26. The normalized spacial score (nSPS) is 31.1. The van der Waals surface area contributed by atoms with Crippen molar-refractivity contribution in [2.24, 2.45) is 5.92 Å². The van der Waals surface area contributed by atoms with Crippen molar-refractivity contribution in [1.82, 2.24) is 4.57 Å². The van der Waals surface area contributed by atoms with Crippen LogP contribution in [0.25, 0.3) is 0 Å². The number of fused-ring (bicyclic) bond motifs is 4. The Balaban J connectivity index is 1.35. The minimum absolute atomic E-state index is 0.0477. The summed E-state index contributed by atoms with van der Waals surface area (Å²) in [6.45, 7) is 5.67. The molecule has 2 bridgehead atoms. The van der Waals surface area contributed by atoms with Crippen molar-refractivity contribution < 1.29 is 14.6 Å². The number of piperidine rings is 2. The third-order valence-corrected chi connectivity index (χ3v) is 8.02. The van der Waals surface area contributed by atoms with E-state index in [0.717, 1.165) is 24.8 Å². The molecule has 5 rings (SSSR count). The molecule has 5 heterocycles. The summed E-state index contributed by atoms with van der Waals surface area (Å²) in [5.74, 6) is 0.817.